The van der Waals surface area contributed by atoms with Crippen LogP contribution >= 0.6 is 0 Å². The zero-order chi connectivity index (χ0) is 35.8. The van der Waals surface area contributed by atoms with E-state index >= 15 is 4.39 Å². The first-order valence-electron chi connectivity index (χ1n) is 16.4. The molecule has 2 aliphatic heterocycles. The fraction of sp³-hybridized carbons (Fsp3) is 0.314. The van der Waals surface area contributed by atoms with Crippen LogP contribution in [0, 0.1) is 5.95 Å². The largest absolute Gasteiger partial charge is 0.488 e. The molecule has 2 aromatic carbocycles. The molecule has 1 aliphatic carbocycles. The Morgan fingerprint density at radius 3 is 2.51 bits per heavy atom. The first-order valence-corrected chi connectivity index (χ1v) is 17.8. The number of rotatable bonds is 4. The molecule has 1 amide bonds. The zero-order valence-corrected chi connectivity index (χ0v) is 28.9. The topological polar surface area (TPSA) is 154 Å². The lowest BCUT2D eigenvalue weighted by Gasteiger charge is -2.23. The molecule has 1 fully saturated rings. The van der Waals surface area contributed by atoms with Gasteiger partial charge in [-0.25, -0.2) is 27.0 Å². The number of imidazole rings is 1. The number of nitrogens with zero attached hydrogens (tertiary/aromatic N) is 6. The van der Waals surface area contributed by atoms with Gasteiger partial charge < -0.3 is 19.5 Å². The van der Waals surface area contributed by atoms with Gasteiger partial charge in [-0.3, -0.25) is 13.8 Å². The molecule has 9 rings (SSSR count). The molecular weight excluding hydrogens is 681 g/mol. The fourth-order valence-corrected chi connectivity index (χ4v) is 8.92. The average molecular weight is 716 g/mol. The summed E-state index contributed by atoms with van der Waals surface area (Å²) < 4.78 is 68.3. The Morgan fingerprint density at radius 2 is 1.82 bits per heavy atom. The van der Waals surface area contributed by atoms with Crippen LogP contribution in [0.1, 0.15) is 25.8 Å². The Bertz CT molecular complexity index is 2500. The van der Waals surface area contributed by atoms with Crippen LogP contribution in [0.5, 0.6) is 5.75 Å². The van der Waals surface area contributed by atoms with Gasteiger partial charge in [0.1, 0.15) is 11.9 Å². The molecule has 1 saturated carbocycles. The molecule has 4 aromatic heterocycles. The molecular formula is C35H34FN7O7S. The molecule has 6 aromatic rings. The standard InChI is InChI=1S/C35H34FN7O7S/c1-19-18-49-27-15-21(14-25(27)38-34(44)48-4)42-31-26(41(3)35(42)45)16-37-33-29(31)28(20-10-12-22(50-19)13-11-20)30(24-17-40(2)39-32(24)36)43(33)51(46,47)23-8-6-5-7-9-23/h5-13,16-17,19,21,25,27H,14-15,18H2,1-4H3,(H,38,44)/t19?,21-,25-,27-/m0/s1. The molecule has 0 radical (unpaired) electrons. The lowest BCUT2D eigenvalue weighted by Crippen LogP contribution is -2.42. The van der Waals surface area contributed by atoms with Gasteiger partial charge in [-0.05, 0) is 49.6 Å². The van der Waals surface area contributed by atoms with Crippen LogP contribution in [-0.2, 0) is 33.6 Å². The van der Waals surface area contributed by atoms with Gasteiger partial charge in [-0.1, -0.05) is 30.3 Å². The van der Waals surface area contributed by atoms with E-state index in [-0.39, 0.29) is 34.1 Å². The molecule has 0 saturated heterocycles. The highest BCUT2D eigenvalue weighted by Gasteiger charge is 2.41. The van der Waals surface area contributed by atoms with Gasteiger partial charge in [0.15, 0.2) is 5.65 Å². The smallest absolute Gasteiger partial charge is 0.407 e. The number of nitrogens with one attached hydrogen (secondary N) is 1. The van der Waals surface area contributed by atoms with Gasteiger partial charge >= 0.3 is 11.8 Å². The van der Waals surface area contributed by atoms with Crippen molar-refractivity contribution in [3.8, 4) is 28.1 Å². The number of methoxy groups -OCH3 is 1. The van der Waals surface area contributed by atoms with E-state index < -0.39 is 46.4 Å². The number of amides is 1. The number of aryl methyl sites for hydroxylation is 2. The highest BCUT2D eigenvalue weighted by Crippen LogP contribution is 2.47. The van der Waals surface area contributed by atoms with Crippen molar-refractivity contribution in [3.63, 3.8) is 0 Å². The Labute approximate surface area is 291 Å². The normalized spacial score (nSPS) is 20.4. The third-order valence-corrected chi connectivity index (χ3v) is 11.4. The van der Waals surface area contributed by atoms with Gasteiger partial charge in [0, 0.05) is 31.9 Å². The average Bonchev–Trinajstić information content (AvgIpc) is 3.84. The van der Waals surface area contributed by atoms with Crippen molar-refractivity contribution in [2.45, 2.75) is 49.0 Å². The van der Waals surface area contributed by atoms with Gasteiger partial charge in [0.2, 0.25) is 5.95 Å². The molecule has 1 N–H and O–H groups in total. The van der Waals surface area contributed by atoms with Crippen LogP contribution in [0.4, 0.5) is 9.18 Å². The van der Waals surface area contributed by atoms with Crippen molar-refractivity contribution < 1.29 is 31.8 Å². The van der Waals surface area contributed by atoms with E-state index in [1.807, 2.05) is 6.92 Å². The lowest BCUT2D eigenvalue weighted by atomic mass is 9.99. The Morgan fingerprint density at radius 1 is 1.08 bits per heavy atom. The first-order chi connectivity index (χ1) is 24.5. The summed E-state index contributed by atoms with van der Waals surface area (Å²) in [7, 11) is -0.00738. The fourth-order valence-electron chi connectivity index (χ4n) is 7.41. The summed E-state index contributed by atoms with van der Waals surface area (Å²) in [6, 6.07) is 13.8. The molecule has 1 unspecified atom stereocenters. The van der Waals surface area contributed by atoms with Gasteiger partial charge in [0.05, 0.1) is 64.6 Å². The van der Waals surface area contributed by atoms with E-state index in [4.69, 9.17) is 19.2 Å². The number of halogens is 1. The number of hydrogen-bond acceptors (Lipinski definition) is 9. The number of carbonyl (C=O) groups excluding carboxylic acids is 1. The monoisotopic (exact) mass is 715 g/mol. The van der Waals surface area contributed by atoms with E-state index in [0.29, 0.717) is 46.1 Å². The summed E-state index contributed by atoms with van der Waals surface area (Å²) in [5.41, 5.74) is 1.22. The number of benzene rings is 2. The highest BCUT2D eigenvalue weighted by atomic mass is 32.2. The summed E-state index contributed by atoms with van der Waals surface area (Å²) in [5, 5.41) is 7.12. The van der Waals surface area contributed by atoms with Crippen LogP contribution in [0.15, 0.2) is 76.7 Å². The van der Waals surface area contributed by atoms with Crippen molar-refractivity contribution in [2.75, 3.05) is 13.7 Å². The number of pyridine rings is 1. The Hall–Kier alpha value is -5.48. The molecule has 4 atom stereocenters. The Kier molecular flexibility index (Phi) is 7.75. The van der Waals surface area contributed by atoms with E-state index in [2.05, 4.69) is 10.4 Å². The zero-order valence-electron chi connectivity index (χ0n) is 28.1. The number of fused-ring (bicyclic) bond motifs is 5. The Balaban J connectivity index is 1.54. The minimum Gasteiger partial charge on any atom is -0.488 e. The summed E-state index contributed by atoms with van der Waals surface area (Å²) in [5.74, 6) is -0.368. The summed E-state index contributed by atoms with van der Waals surface area (Å²) in [6.07, 6.45) is 1.95. The van der Waals surface area contributed by atoms with Crippen molar-refractivity contribution in [1.29, 1.82) is 0 Å². The number of aromatic nitrogens is 6. The van der Waals surface area contributed by atoms with E-state index in [9.17, 15) is 18.0 Å². The van der Waals surface area contributed by atoms with Crippen LogP contribution in [0.2, 0.25) is 0 Å². The molecule has 264 valence electrons. The summed E-state index contributed by atoms with van der Waals surface area (Å²) in [4.78, 5) is 31.4. The molecule has 51 heavy (non-hydrogen) atoms. The molecule has 16 heteroatoms. The van der Waals surface area contributed by atoms with Gasteiger partial charge in [-0.15, -0.1) is 5.10 Å². The van der Waals surface area contributed by atoms with E-state index in [1.165, 1.54) is 40.9 Å². The quantitative estimate of drug-likeness (QED) is 0.281. The predicted octanol–water partition coefficient (Wildman–Crippen LogP) is 4.36. The maximum Gasteiger partial charge on any atom is 0.407 e. The van der Waals surface area contributed by atoms with Crippen LogP contribution in [0.25, 0.3) is 44.5 Å². The van der Waals surface area contributed by atoms with E-state index in [1.54, 1.807) is 61.1 Å². The minimum atomic E-state index is -4.44. The van der Waals surface area contributed by atoms with Crippen LogP contribution < -0.4 is 15.7 Å². The first kappa shape index (κ1) is 32.7. The van der Waals surface area contributed by atoms with E-state index in [0.717, 1.165) is 3.97 Å². The van der Waals surface area contributed by atoms with Crippen molar-refractivity contribution in [3.05, 3.63) is 83.4 Å². The van der Waals surface area contributed by atoms with Crippen molar-refractivity contribution >= 4 is 38.2 Å². The van der Waals surface area contributed by atoms with Gasteiger partial charge in [0.25, 0.3) is 10.0 Å². The number of alkyl carbamates (subject to hydrolysis) is 1. The predicted molar refractivity (Wildman–Crippen MR) is 185 cm³/mol. The SMILES string of the molecule is COC(=O)N[C@H]1C[C@H]2C[C@@H]1OCC(C)Oc1ccc(cc1)-c1c(-c3cn(C)nc3F)n(S(=O)(=O)c3ccccc3)c3ncc4c(c13)n2c(=O)n4C. The van der Waals surface area contributed by atoms with Crippen molar-refractivity contribution in [2.24, 2.45) is 14.1 Å². The number of carbonyl (C=O) groups is 1. The molecule has 4 bridgehead atoms. The molecule has 6 heterocycles. The third-order valence-electron chi connectivity index (χ3n) is 9.67. The van der Waals surface area contributed by atoms with Crippen molar-refractivity contribution in [1.82, 2.24) is 33.2 Å². The molecule has 14 nitrogen and oxygen atoms in total. The number of ether oxygens (including phenoxy) is 3. The molecule has 0 spiro atoms. The maximum atomic E-state index is 15.9. The second kappa shape index (κ2) is 12.1. The maximum absolute atomic E-state index is 15.9. The lowest BCUT2D eigenvalue weighted by molar-refractivity contribution is -0.00360. The van der Waals surface area contributed by atoms with Crippen LogP contribution in [-0.4, -0.2) is 74.3 Å². The highest BCUT2D eigenvalue weighted by molar-refractivity contribution is 7.90. The summed E-state index contributed by atoms with van der Waals surface area (Å²) in [6.45, 7) is 2.06. The summed E-state index contributed by atoms with van der Waals surface area (Å²) >= 11 is 0. The molecule has 3 aliphatic rings. The number of hydrogen-bond donors (Lipinski definition) is 1. The third kappa shape index (κ3) is 5.19. The van der Waals surface area contributed by atoms with Crippen LogP contribution in [0.3, 0.4) is 0 Å². The minimum absolute atomic E-state index is 0.00717. The second-order valence-electron chi connectivity index (χ2n) is 12.9. The van der Waals surface area contributed by atoms with Gasteiger partial charge in [-0.2, -0.15) is 4.39 Å². The second-order valence-corrected chi connectivity index (χ2v) is 14.7.